The summed E-state index contributed by atoms with van der Waals surface area (Å²) in [5.41, 5.74) is 5.72. The molecule has 82 valence electrons. The van der Waals surface area contributed by atoms with Crippen molar-refractivity contribution in [1.82, 2.24) is 9.97 Å². The summed E-state index contributed by atoms with van der Waals surface area (Å²) >= 11 is 0. The van der Waals surface area contributed by atoms with Crippen molar-refractivity contribution in [2.75, 3.05) is 17.6 Å². The molecule has 0 aliphatic heterocycles. The van der Waals surface area contributed by atoms with Crippen LogP contribution in [0.25, 0.3) is 0 Å². The van der Waals surface area contributed by atoms with Crippen molar-refractivity contribution in [1.29, 1.82) is 0 Å². The Morgan fingerprint density at radius 1 is 1.47 bits per heavy atom. The van der Waals surface area contributed by atoms with Crippen molar-refractivity contribution < 1.29 is 0 Å². The van der Waals surface area contributed by atoms with Crippen LogP contribution in [0.3, 0.4) is 0 Å². The number of nitrogens with zero attached hydrogens (tertiary/aromatic N) is 2. The number of hydrogen-bond acceptors (Lipinski definition) is 4. The lowest BCUT2D eigenvalue weighted by Crippen LogP contribution is -2.08. The minimum Gasteiger partial charge on any atom is -0.384 e. The van der Waals surface area contributed by atoms with Crippen molar-refractivity contribution >= 4 is 11.6 Å². The fraction of sp³-hybridized carbons (Fsp3) is 0.636. The molecule has 2 rings (SSSR count). The zero-order valence-corrected chi connectivity index (χ0v) is 9.16. The van der Waals surface area contributed by atoms with Gasteiger partial charge in [-0.25, -0.2) is 9.97 Å². The molecule has 0 aromatic carbocycles. The van der Waals surface area contributed by atoms with E-state index in [0.29, 0.717) is 5.82 Å². The van der Waals surface area contributed by atoms with Gasteiger partial charge in [-0.15, -0.1) is 0 Å². The van der Waals surface area contributed by atoms with Gasteiger partial charge in [-0.1, -0.05) is 6.92 Å². The van der Waals surface area contributed by atoms with Gasteiger partial charge in [-0.3, -0.25) is 0 Å². The maximum absolute atomic E-state index is 5.72. The van der Waals surface area contributed by atoms with Crippen molar-refractivity contribution in [3.05, 3.63) is 11.9 Å². The van der Waals surface area contributed by atoms with Gasteiger partial charge in [0, 0.05) is 19.0 Å². The molecule has 1 fully saturated rings. The van der Waals surface area contributed by atoms with Crippen LogP contribution in [-0.2, 0) is 6.42 Å². The Hall–Kier alpha value is -1.32. The fourth-order valence-corrected chi connectivity index (χ4v) is 1.51. The molecule has 1 aromatic rings. The van der Waals surface area contributed by atoms with Crippen molar-refractivity contribution in [2.45, 2.75) is 32.6 Å². The smallest absolute Gasteiger partial charge is 0.133 e. The summed E-state index contributed by atoms with van der Waals surface area (Å²) in [6.07, 6.45) is 4.62. The summed E-state index contributed by atoms with van der Waals surface area (Å²) in [6, 6.07) is 1.81. The number of aromatic nitrogens is 2. The molecule has 0 amide bonds. The van der Waals surface area contributed by atoms with Gasteiger partial charge in [0.15, 0.2) is 0 Å². The molecule has 0 saturated heterocycles. The number of aryl methyl sites for hydroxylation is 1. The summed E-state index contributed by atoms with van der Waals surface area (Å²) in [4.78, 5) is 8.61. The van der Waals surface area contributed by atoms with E-state index < -0.39 is 0 Å². The molecule has 4 nitrogen and oxygen atoms in total. The van der Waals surface area contributed by atoms with E-state index >= 15 is 0 Å². The highest BCUT2D eigenvalue weighted by Gasteiger charge is 2.20. The number of nitrogens with one attached hydrogen (secondary N) is 1. The number of anilines is 2. The van der Waals surface area contributed by atoms with E-state index in [4.69, 9.17) is 5.73 Å². The Morgan fingerprint density at radius 3 is 2.93 bits per heavy atom. The first-order valence-electron chi connectivity index (χ1n) is 5.65. The van der Waals surface area contributed by atoms with Gasteiger partial charge in [-0.2, -0.15) is 0 Å². The molecule has 1 saturated carbocycles. The van der Waals surface area contributed by atoms with Crippen LogP contribution in [0, 0.1) is 5.92 Å². The summed E-state index contributed by atoms with van der Waals surface area (Å²) in [7, 11) is 0. The minimum atomic E-state index is 0.562. The highest BCUT2D eigenvalue weighted by Crippen LogP contribution is 2.28. The molecule has 1 aliphatic rings. The Bertz CT molecular complexity index is 333. The van der Waals surface area contributed by atoms with E-state index in [-0.39, 0.29) is 0 Å². The first-order valence-corrected chi connectivity index (χ1v) is 5.65. The van der Waals surface area contributed by atoms with Crippen LogP contribution < -0.4 is 11.1 Å². The first kappa shape index (κ1) is 10.2. The molecule has 0 radical (unpaired) electrons. The van der Waals surface area contributed by atoms with Crippen LogP contribution in [-0.4, -0.2) is 16.5 Å². The summed E-state index contributed by atoms with van der Waals surface area (Å²) in [5.74, 6) is 3.12. The van der Waals surface area contributed by atoms with E-state index in [0.717, 1.165) is 36.9 Å². The topological polar surface area (TPSA) is 63.8 Å². The van der Waals surface area contributed by atoms with Gasteiger partial charge in [0.25, 0.3) is 0 Å². The predicted octanol–water partition coefficient (Wildman–Crippen LogP) is 1.83. The number of rotatable bonds is 5. The van der Waals surface area contributed by atoms with Gasteiger partial charge in [-0.05, 0) is 25.2 Å². The van der Waals surface area contributed by atoms with Crippen LogP contribution in [0.1, 0.15) is 32.0 Å². The quantitative estimate of drug-likeness (QED) is 0.771. The van der Waals surface area contributed by atoms with Crippen molar-refractivity contribution in [3.8, 4) is 0 Å². The molecule has 1 heterocycles. The Morgan fingerprint density at radius 2 is 2.27 bits per heavy atom. The molecule has 0 bridgehead atoms. The summed E-state index contributed by atoms with van der Waals surface area (Å²) < 4.78 is 0. The lowest BCUT2D eigenvalue weighted by atomic mass is 10.3. The highest BCUT2D eigenvalue weighted by atomic mass is 15.0. The molecule has 3 N–H and O–H groups in total. The second-order valence-electron chi connectivity index (χ2n) is 4.17. The van der Waals surface area contributed by atoms with Gasteiger partial charge < -0.3 is 11.1 Å². The van der Waals surface area contributed by atoms with Gasteiger partial charge in [0.05, 0.1) is 0 Å². The van der Waals surface area contributed by atoms with Gasteiger partial charge in [0.2, 0.25) is 0 Å². The Kier molecular flexibility index (Phi) is 3.04. The second-order valence-corrected chi connectivity index (χ2v) is 4.17. The van der Waals surface area contributed by atoms with Crippen LogP contribution in [0.2, 0.25) is 0 Å². The molecular formula is C11H18N4. The van der Waals surface area contributed by atoms with Crippen molar-refractivity contribution in [3.63, 3.8) is 0 Å². The predicted molar refractivity (Wildman–Crippen MR) is 61.7 cm³/mol. The average Bonchev–Trinajstić information content (AvgIpc) is 2.98. The lowest BCUT2D eigenvalue weighted by molar-refractivity contribution is 0.828. The van der Waals surface area contributed by atoms with E-state index in [1.54, 1.807) is 0 Å². The highest BCUT2D eigenvalue weighted by molar-refractivity contribution is 5.44. The minimum absolute atomic E-state index is 0.562. The molecular weight excluding hydrogens is 188 g/mol. The zero-order valence-electron chi connectivity index (χ0n) is 9.16. The monoisotopic (exact) mass is 206 g/mol. The molecule has 0 unspecified atom stereocenters. The van der Waals surface area contributed by atoms with E-state index in [9.17, 15) is 0 Å². The van der Waals surface area contributed by atoms with E-state index in [2.05, 4.69) is 22.2 Å². The molecule has 0 spiro atoms. The van der Waals surface area contributed by atoms with Crippen LogP contribution >= 0.6 is 0 Å². The molecule has 1 aliphatic carbocycles. The molecule has 1 aromatic heterocycles. The van der Waals surface area contributed by atoms with E-state index in [1.165, 1.54) is 12.8 Å². The van der Waals surface area contributed by atoms with E-state index in [1.807, 2.05) is 6.07 Å². The van der Waals surface area contributed by atoms with Crippen LogP contribution in [0.15, 0.2) is 6.07 Å². The standard InChI is InChI=1S/C11H18N4/c1-2-3-10-14-9(12)6-11(15-10)13-7-8-4-5-8/h6,8H,2-5,7H2,1H3,(H3,12,13,14,15). The maximum Gasteiger partial charge on any atom is 0.133 e. The Labute approximate surface area is 90.3 Å². The first-order chi connectivity index (χ1) is 7.28. The number of hydrogen-bond donors (Lipinski definition) is 2. The largest absolute Gasteiger partial charge is 0.384 e. The molecule has 0 atom stereocenters. The Balaban J connectivity index is 2.00. The number of nitrogen functional groups attached to an aromatic ring is 1. The maximum atomic E-state index is 5.72. The summed E-state index contributed by atoms with van der Waals surface area (Å²) in [6.45, 7) is 3.13. The normalized spacial score (nSPS) is 15.3. The fourth-order valence-electron chi connectivity index (χ4n) is 1.51. The third kappa shape index (κ3) is 3.08. The molecule has 15 heavy (non-hydrogen) atoms. The van der Waals surface area contributed by atoms with Crippen molar-refractivity contribution in [2.24, 2.45) is 5.92 Å². The van der Waals surface area contributed by atoms with Crippen LogP contribution in [0.5, 0.6) is 0 Å². The third-order valence-electron chi connectivity index (χ3n) is 2.53. The molecule has 4 heteroatoms. The number of nitrogens with two attached hydrogens (primary N) is 1. The van der Waals surface area contributed by atoms with Gasteiger partial charge >= 0.3 is 0 Å². The van der Waals surface area contributed by atoms with Gasteiger partial charge in [0.1, 0.15) is 17.5 Å². The zero-order chi connectivity index (χ0) is 10.7. The third-order valence-corrected chi connectivity index (χ3v) is 2.53. The SMILES string of the molecule is CCCc1nc(N)cc(NCC2CC2)n1. The van der Waals surface area contributed by atoms with Crippen LogP contribution in [0.4, 0.5) is 11.6 Å². The average molecular weight is 206 g/mol. The second kappa shape index (κ2) is 4.47. The lowest BCUT2D eigenvalue weighted by Gasteiger charge is -2.07. The summed E-state index contributed by atoms with van der Waals surface area (Å²) in [5, 5.41) is 3.32.